The molecule has 8 nitrogen and oxygen atoms in total. The van der Waals surface area contributed by atoms with Crippen molar-refractivity contribution in [3.8, 4) is 0 Å². The zero-order chi connectivity index (χ0) is 20.5. The summed E-state index contributed by atoms with van der Waals surface area (Å²) in [5.74, 6) is -2.07. The topological polar surface area (TPSA) is 112 Å². The van der Waals surface area contributed by atoms with Crippen LogP contribution < -0.4 is 5.32 Å². The average Bonchev–Trinajstić information content (AvgIpc) is 3.20. The van der Waals surface area contributed by atoms with Gasteiger partial charge in [-0.05, 0) is 17.7 Å². The number of thioether (sulfide) groups is 2. The molecule has 1 aromatic carbocycles. The maximum atomic E-state index is 13.0. The highest BCUT2D eigenvalue weighted by Crippen LogP contribution is 2.45. The number of aromatic nitrogens is 2. The third kappa shape index (κ3) is 4.00. The Morgan fingerprint density at radius 2 is 2.10 bits per heavy atom. The third-order valence-electron chi connectivity index (χ3n) is 4.28. The van der Waals surface area contributed by atoms with Crippen LogP contribution in [0.25, 0.3) is 0 Å². The minimum atomic E-state index is -1.20. The van der Waals surface area contributed by atoms with Gasteiger partial charge in [0.15, 0.2) is 4.34 Å². The molecule has 0 unspecified atom stereocenters. The van der Waals surface area contributed by atoms with Gasteiger partial charge in [-0.25, -0.2) is 9.18 Å². The second-order valence-corrected chi connectivity index (χ2v) is 9.42. The van der Waals surface area contributed by atoms with Crippen LogP contribution in [0.2, 0.25) is 0 Å². The van der Waals surface area contributed by atoms with Gasteiger partial charge >= 0.3 is 5.97 Å². The molecule has 150 valence electrons. The molecule has 2 aliphatic rings. The van der Waals surface area contributed by atoms with Crippen molar-refractivity contribution in [2.45, 2.75) is 22.2 Å². The quantitative estimate of drug-likeness (QED) is 0.637. The molecule has 3 heterocycles. The first-order valence-electron chi connectivity index (χ1n) is 8.33. The molecule has 2 amide bonds. The van der Waals surface area contributed by atoms with Gasteiger partial charge in [0.25, 0.3) is 5.91 Å². The molecule has 2 aliphatic heterocycles. The molecule has 2 aromatic rings. The molecule has 4 rings (SSSR count). The molecule has 1 aromatic heterocycles. The summed E-state index contributed by atoms with van der Waals surface area (Å²) in [5, 5.41) is 19.4. The SMILES string of the molecule is O=C(Cc1ccc(F)cc1)N[C@@H]1C(=O)N2C(C(=O)O)=C(Sc3nncs3)CS[C@@H]12. The first-order chi connectivity index (χ1) is 13.9. The van der Waals surface area contributed by atoms with E-state index in [4.69, 9.17) is 0 Å². The van der Waals surface area contributed by atoms with Gasteiger partial charge in [-0.1, -0.05) is 35.2 Å². The van der Waals surface area contributed by atoms with Crippen LogP contribution in [-0.4, -0.2) is 55.2 Å². The van der Waals surface area contributed by atoms with Crippen molar-refractivity contribution in [1.82, 2.24) is 20.4 Å². The van der Waals surface area contributed by atoms with Gasteiger partial charge in [-0.15, -0.1) is 22.0 Å². The van der Waals surface area contributed by atoms with Gasteiger partial charge < -0.3 is 10.4 Å². The summed E-state index contributed by atoms with van der Waals surface area (Å²) < 4.78 is 13.6. The molecule has 12 heteroatoms. The predicted molar refractivity (Wildman–Crippen MR) is 106 cm³/mol. The lowest BCUT2D eigenvalue weighted by molar-refractivity contribution is -0.150. The molecule has 0 aliphatic carbocycles. The number of hydrogen-bond donors (Lipinski definition) is 2. The summed E-state index contributed by atoms with van der Waals surface area (Å²) in [5.41, 5.74) is 2.08. The number of fused-ring (bicyclic) bond motifs is 1. The highest BCUT2D eigenvalue weighted by atomic mass is 32.2. The van der Waals surface area contributed by atoms with Crippen molar-refractivity contribution >= 4 is 52.6 Å². The number of rotatable bonds is 6. The van der Waals surface area contributed by atoms with Crippen molar-refractivity contribution in [3.63, 3.8) is 0 Å². The monoisotopic (exact) mass is 452 g/mol. The van der Waals surface area contributed by atoms with Crippen molar-refractivity contribution in [2.24, 2.45) is 0 Å². The number of nitrogens with zero attached hydrogens (tertiary/aromatic N) is 3. The molecular formula is C17H13FN4O4S3. The zero-order valence-corrected chi connectivity index (χ0v) is 17.0. The molecule has 0 spiro atoms. The van der Waals surface area contributed by atoms with E-state index in [1.165, 1.54) is 64.0 Å². The number of carbonyl (C=O) groups excluding carboxylic acids is 2. The van der Waals surface area contributed by atoms with E-state index < -0.39 is 29.1 Å². The summed E-state index contributed by atoms with van der Waals surface area (Å²) in [7, 11) is 0. The lowest BCUT2D eigenvalue weighted by Crippen LogP contribution is -2.70. The number of carbonyl (C=O) groups is 3. The van der Waals surface area contributed by atoms with E-state index in [-0.39, 0.29) is 18.0 Å². The number of aliphatic carboxylic acids is 1. The van der Waals surface area contributed by atoms with Gasteiger partial charge in [0.1, 0.15) is 28.4 Å². The fourth-order valence-corrected chi connectivity index (χ4v) is 6.11. The van der Waals surface area contributed by atoms with E-state index in [0.717, 1.165) is 0 Å². The molecular weight excluding hydrogens is 439 g/mol. The molecule has 2 atom stereocenters. The number of halogens is 1. The van der Waals surface area contributed by atoms with E-state index in [2.05, 4.69) is 15.5 Å². The minimum Gasteiger partial charge on any atom is -0.477 e. The van der Waals surface area contributed by atoms with Crippen molar-refractivity contribution in [2.75, 3.05) is 5.75 Å². The van der Waals surface area contributed by atoms with Gasteiger partial charge in [0.2, 0.25) is 5.91 Å². The minimum absolute atomic E-state index is 0.00121. The van der Waals surface area contributed by atoms with Crippen LogP contribution in [0.1, 0.15) is 5.56 Å². The Bertz CT molecular complexity index is 997. The number of carboxylic acid groups (broad SMARTS) is 1. The number of carboxylic acids is 1. The lowest BCUT2D eigenvalue weighted by Gasteiger charge is -2.49. The van der Waals surface area contributed by atoms with Gasteiger partial charge in [-0.2, -0.15) is 0 Å². The van der Waals surface area contributed by atoms with Crippen LogP contribution in [0.5, 0.6) is 0 Å². The summed E-state index contributed by atoms with van der Waals surface area (Å²) in [4.78, 5) is 38.4. The van der Waals surface area contributed by atoms with Gasteiger partial charge in [-0.3, -0.25) is 14.5 Å². The smallest absolute Gasteiger partial charge is 0.353 e. The maximum Gasteiger partial charge on any atom is 0.353 e. The van der Waals surface area contributed by atoms with Crippen molar-refractivity contribution in [3.05, 3.63) is 51.8 Å². The molecule has 0 bridgehead atoms. The Morgan fingerprint density at radius 1 is 1.34 bits per heavy atom. The molecule has 1 fully saturated rings. The molecule has 0 radical (unpaired) electrons. The van der Waals surface area contributed by atoms with Crippen LogP contribution in [0.3, 0.4) is 0 Å². The first kappa shape index (κ1) is 19.9. The second-order valence-electron chi connectivity index (χ2n) is 6.14. The van der Waals surface area contributed by atoms with E-state index in [9.17, 15) is 23.9 Å². The molecule has 1 saturated heterocycles. The number of nitrogens with one attached hydrogen (secondary N) is 1. The molecule has 0 saturated carbocycles. The summed E-state index contributed by atoms with van der Waals surface area (Å²) in [6, 6.07) is 4.73. The maximum absolute atomic E-state index is 13.0. The Balaban J connectivity index is 1.46. The number of benzene rings is 1. The zero-order valence-electron chi connectivity index (χ0n) is 14.6. The Kier molecular flexibility index (Phi) is 5.56. The number of β-lactam (4-membered cyclic amide) rings is 1. The van der Waals surface area contributed by atoms with Crippen LogP contribution in [0, 0.1) is 5.82 Å². The van der Waals surface area contributed by atoms with Crippen molar-refractivity contribution < 1.29 is 23.9 Å². The summed E-state index contributed by atoms with van der Waals surface area (Å²) in [6.45, 7) is 0. The fraction of sp³-hybridized carbons (Fsp3) is 0.235. The molecule has 29 heavy (non-hydrogen) atoms. The van der Waals surface area contributed by atoms with E-state index in [1.54, 1.807) is 5.51 Å². The van der Waals surface area contributed by atoms with Crippen LogP contribution in [0.15, 0.2) is 44.7 Å². The number of hydrogen-bond acceptors (Lipinski definition) is 8. The number of amides is 2. The molecule has 2 N–H and O–H groups in total. The Hall–Kier alpha value is -2.44. The lowest BCUT2D eigenvalue weighted by atomic mass is 10.0. The van der Waals surface area contributed by atoms with Crippen molar-refractivity contribution in [1.29, 1.82) is 0 Å². The summed E-state index contributed by atoms with van der Waals surface area (Å²) >= 11 is 3.84. The third-order valence-corrected chi connectivity index (χ3v) is 7.61. The van der Waals surface area contributed by atoms with Gasteiger partial charge in [0.05, 0.1) is 6.42 Å². The highest BCUT2D eigenvalue weighted by Gasteiger charge is 2.54. The Morgan fingerprint density at radius 3 is 2.76 bits per heavy atom. The van der Waals surface area contributed by atoms with Crippen LogP contribution in [-0.2, 0) is 20.8 Å². The average molecular weight is 453 g/mol. The van der Waals surface area contributed by atoms with Crippen LogP contribution >= 0.6 is 34.9 Å². The first-order valence-corrected chi connectivity index (χ1v) is 11.1. The predicted octanol–water partition coefficient (Wildman–Crippen LogP) is 1.71. The van der Waals surface area contributed by atoms with Gasteiger partial charge in [0, 0.05) is 10.7 Å². The normalized spacial score (nSPS) is 20.9. The summed E-state index contributed by atoms with van der Waals surface area (Å²) in [6.07, 6.45) is 0.00121. The van der Waals surface area contributed by atoms with E-state index >= 15 is 0 Å². The highest BCUT2D eigenvalue weighted by molar-refractivity contribution is 8.07. The van der Waals surface area contributed by atoms with E-state index in [0.29, 0.717) is 20.6 Å². The fourth-order valence-electron chi connectivity index (χ4n) is 2.99. The standard InChI is InChI=1S/C17H13FN4O4S3/c18-9-3-1-8(2-4-9)5-11(23)20-12-14(24)22-13(16(25)26)10(6-27-15(12)22)29-17-21-19-7-28-17/h1-4,7,12,15H,5-6H2,(H,20,23)(H,25,26)/t12-,15+/m1/s1. The van der Waals surface area contributed by atoms with Crippen LogP contribution in [0.4, 0.5) is 4.39 Å². The van der Waals surface area contributed by atoms with E-state index in [1.807, 2.05) is 0 Å². The largest absolute Gasteiger partial charge is 0.477 e. The second kappa shape index (κ2) is 8.13. The Labute approximate surface area is 176 Å².